The summed E-state index contributed by atoms with van der Waals surface area (Å²) >= 11 is 0. The second-order valence-corrected chi connectivity index (χ2v) is 5.88. The van der Waals surface area contributed by atoms with Crippen LogP contribution in [0.2, 0.25) is 0 Å². The first-order valence-corrected chi connectivity index (χ1v) is 7.65. The molecule has 1 aliphatic rings. The molecule has 0 bridgehead atoms. The van der Waals surface area contributed by atoms with Crippen molar-refractivity contribution in [2.75, 3.05) is 13.1 Å². The number of carbonyl (C=O) groups is 2. The Labute approximate surface area is 132 Å². The van der Waals surface area contributed by atoms with Crippen molar-refractivity contribution in [3.05, 3.63) is 46.3 Å². The second kappa shape index (κ2) is 6.24. The van der Waals surface area contributed by atoms with E-state index in [1.54, 1.807) is 29.2 Å². The molecule has 1 aliphatic heterocycles. The summed E-state index contributed by atoms with van der Waals surface area (Å²) in [6.07, 6.45) is 1.81. The molecule has 6 heteroatoms. The number of para-hydroxylation sites is 1. The number of amides is 2. The number of fused-ring (bicyclic) bond motifs is 1. The fourth-order valence-corrected chi connectivity index (χ4v) is 2.99. The predicted molar refractivity (Wildman–Crippen MR) is 84.9 cm³/mol. The largest absolute Gasteiger partial charge is 0.451 e. The first kappa shape index (κ1) is 15.3. The van der Waals surface area contributed by atoms with Crippen LogP contribution in [-0.4, -0.2) is 29.8 Å². The molecule has 2 N–H and O–H groups in total. The maximum Gasteiger partial charge on any atom is 0.289 e. The average Bonchev–Trinajstić information content (AvgIpc) is 2.54. The van der Waals surface area contributed by atoms with Gasteiger partial charge in [0.25, 0.3) is 5.91 Å². The molecule has 23 heavy (non-hydrogen) atoms. The summed E-state index contributed by atoms with van der Waals surface area (Å²) in [5.41, 5.74) is 5.39. The molecule has 1 saturated heterocycles. The summed E-state index contributed by atoms with van der Waals surface area (Å²) in [7, 11) is 0. The highest BCUT2D eigenvalue weighted by atomic mass is 16.3. The van der Waals surface area contributed by atoms with E-state index in [9.17, 15) is 14.4 Å². The molecular weight excluding hydrogens is 296 g/mol. The van der Waals surface area contributed by atoms with E-state index >= 15 is 0 Å². The first-order chi connectivity index (χ1) is 11.0. The molecule has 0 radical (unpaired) electrons. The number of hydrogen-bond acceptors (Lipinski definition) is 4. The minimum atomic E-state index is -0.310. The molecule has 0 aliphatic carbocycles. The highest BCUT2D eigenvalue weighted by molar-refractivity contribution is 5.93. The normalized spacial score (nSPS) is 15.7. The van der Waals surface area contributed by atoms with Crippen LogP contribution in [0.4, 0.5) is 0 Å². The summed E-state index contributed by atoms with van der Waals surface area (Å²) in [6.45, 7) is 1.07. The quantitative estimate of drug-likeness (QED) is 0.929. The van der Waals surface area contributed by atoms with Gasteiger partial charge in [-0.15, -0.1) is 0 Å². The topological polar surface area (TPSA) is 93.6 Å². The van der Waals surface area contributed by atoms with Crippen LogP contribution in [0.3, 0.4) is 0 Å². The van der Waals surface area contributed by atoms with Gasteiger partial charge in [-0.05, 0) is 30.9 Å². The molecule has 1 fully saturated rings. The summed E-state index contributed by atoms with van der Waals surface area (Å²) in [4.78, 5) is 37.2. The van der Waals surface area contributed by atoms with Crippen LogP contribution in [0, 0.1) is 5.92 Å². The van der Waals surface area contributed by atoms with Crippen LogP contribution in [0.1, 0.15) is 29.8 Å². The smallest absolute Gasteiger partial charge is 0.289 e. The third-order valence-corrected chi connectivity index (χ3v) is 4.24. The van der Waals surface area contributed by atoms with Crippen molar-refractivity contribution >= 4 is 22.8 Å². The van der Waals surface area contributed by atoms with Crippen LogP contribution in [-0.2, 0) is 4.79 Å². The van der Waals surface area contributed by atoms with Crippen molar-refractivity contribution < 1.29 is 14.0 Å². The fraction of sp³-hybridized carbons (Fsp3) is 0.353. The summed E-state index contributed by atoms with van der Waals surface area (Å²) in [6, 6.07) is 8.11. The van der Waals surface area contributed by atoms with Crippen LogP contribution >= 0.6 is 0 Å². The van der Waals surface area contributed by atoms with Gasteiger partial charge in [0.2, 0.25) is 5.91 Å². The summed E-state index contributed by atoms with van der Waals surface area (Å²) in [5.74, 6) is -0.317. The van der Waals surface area contributed by atoms with Gasteiger partial charge in [0.15, 0.2) is 11.2 Å². The molecule has 2 amide bonds. The van der Waals surface area contributed by atoms with Gasteiger partial charge in [0, 0.05) is 25.6 Å². The van der Waals surface area contributed by atoms with Crippen LogP contribution < -0.4 is 11.2 Å². The van der Waals surface area contributed by atoms with E-state index in [1.165, 1.54) is 6.07 Å². The lowest BCUT2D eigenvalue weighted by atomic mass is 9.93. The lowest BCUT2D eigenvalue weighted by Crippen LogP contribution is -2.39. The Morgan fingerprint density at radius 3 is 2.61 bits per heavy atom. The third-order valence-electron chi connectivity index (χ3n) is 4.24. The van der Waals surface area contributed by atoms with Crippen molar-refractivity contribution in [3.63, 3.8) is 0 Å². The molecule has 6 nitrogen and oxygen atoms in total. The van der Waals surface area contributed by atoms with Gasteiger partial charge in [-0.3, -0.25) is 14.4 Å². The van der Waals surface area contributed by atoms with E-state index in [0.29, 0.717) is 30.5 Å². The number of nitrogens with zero attached hydrogens (tertiary/aromatic N) is 1. The van der Waals surface area contributed by atoms with Gasteiger partial charge < -0.3 is 15.1 Å². The molecule has 1 aromatic heterocycles. The minimum Gasteiger partial charge on any atom is -0.451 e. The van der Waals surface area contributed by atoms with E-state index < -0.39 is 0 Å². The number of carbonyl (C=O) groups excluding carboxylic acids is 2. The number of rotatable bonds is 3. The Balaban J connectivity index is 1.77. The molecule has 120 valence electrons. The number of primary amides is 1. The van der Waals surface area contributed by atoms with E-state index in [2.05, 4.69) is 0 Å². The van der Waals surface area contributed by atoms with Crippen molar-refractivity contribution in [2.45, 2.75) is 19.3 Å². The predicted octanol–water partition coefficient (Wildman–Crippen LogP) is 1.52. The third kappa shape index (κ3) is 3.26. The Bertz CT molecular complexity index is 804. The first-order valence-electron chi connectivity index (χ1n) is 7.65. The molecule has 2 heterocycles. The number of nitrogens with two attached hydrogens (primary N) is 1. The average molecular weight is 314 g/mol. The molecule has 1 aromatic carbocycles. The summed E-state index contributed by atoms with van der Waals surface area (Å²) in [5, 5.41) is 0.462. The Morgan fingerprint density at radius 2 is 1.91 bits per heavy atom. The van der Waals surface area contributed by atoms with Crippen molar-refractivity contribution in [2.24, 2.45) is 11.7 Å². The molecule has 0 saturated carbocycles. The van der Waals surface area contributed by atoms with Crippen molar-refractivity contribution in [1.29, 1.82) is 0 Å². The van der Waals surface area contributed by atoms with E-state index in [0.717, 1.165) is 12.8 Å². The zero-order valence-electron chi connectivity index (χ0n) is 12.7. The van der Waals surface area contributed by atoms with Crippen molar-refractivity contribution in [3.8, 4) is 0 Å². The number of piperidine rings is 1. The summed E-state index contributed by atoms with van der Waals surface area (Å²) < 4.78 is 5.58. The lowest BCUT2D eigenvalue weighted by molar-refractivity contribution is -0.119. The monoisotopic (exact) mass is 314 g/mol. The van der Waals surface area contributed by atoms with Gasteiger partial charge in [0.05, 0.1) is 5.39 Å². The van der Waals surface area contributed by atoms with Gasteiger partial charge in [-0.2, -0.15) is 0 Å². The lowest BCUT2D eigenvalue weighted by Gasteiger charge is -2.31. The Hall–Kier alpha value is -2.63. The zero-order valence-corrected chi connectivity index (χ0v) is 12.7. The maximum absolute atomic E-state index is 12.5. The van der Waals surface area contributed by atoms with Gasteiger partial charge in [-0.1, -0.05) is 12.1 Å². The standard InChI is InChI=1S/C17H18N2O4/c18-16(21)9-11-5-7-19(8-6-11)17(22)15-10-13(20)12-3-1-2-4-14(12)23-15/h1-4,10-11H,5-9H2,(H2,18,21). The SMILES string of the molecule is NC(=O)CC1CCN(C(=O)c2cc(=O)c3ccccc3o2)CC1. The Kier molecular flexibility index (Phi) is 4.14. The van der Waals surface area contributed by atoms with Crippen LogP contribution in [0.15, 0.2) is 39.5 Å². The Morgan fingerprint density at radius 1 is 1.22 bits per heavy atom. The van der Waals surface area contributed by atoms with Gasteiger partial charge in [0.1, 0.15) is 5.58 Å². The minimum absolute atomic E-state index is 0.0575. The van der Waals surface area contributed by atoms with Crippen LogP contribution in [0.25, 0.3) is 11.0 Å². The van der Waals surface area contributed by atoms with E-state index in [1.807, 2.05) is 0 Å². The molecule has 0 unspecified atom stereocenters. The molecule has 0 spiro atoms. The van der Waals surface area contributed by atoms with E-state index in [-0.39, 0.29) is 28.9 Å². The highest BCUT2D eigenvalue weighted by Gasteiger charge is 2.26. The van der Waals surface area contributed by atoms with Crippen LogP contribution in [0.5, 0.6) is 0 Å². The zero-order chi connectivity index (χ0) is 16.4. The molecule has 3 rings (SSSR count). The van der Waals surface area contributed by atoms with Gasteiger partial charge >= 0.3 is 0 Å². The molecule has 2 aromatic rings. The van der Waals surface area contributed by atoms with Gasteiger partial charge in [-0.25, -0.2) is 0 Å². The van der Waals surface area contributed by atoms with E-state index in [4.69, 9.17) is 10.2 Å². The number of likely N-dealkylation sites (tertiary alicyclic amines) is 1. The molecule has 0 atom stereocenters. The second-order valence-electron chi connectivity index (χ2n) is 5.88. The molecular formula is C17H18N2O4. The highest BCUT2D eigenvalue weighted by Crippen LogP contribution is 2.22. The maximum atomic E-state index is 12.5. The number of hydrogen-bond donors (Lipinski definition) is 1. The number of benzene rings is 1. The fourth-order valence-electron chi connectivity index (χ4n) is 2.99. The van der Waals surface area contributed by atoms with Crippen molar-refractivity contribution in [1.82, 2.24) is 4.90 Å².